The third-order valence-corrected chi connectivity index (χ3v) is 2.34. The van der Waals surface area contributed by atoms with E-state index >= 15 is 0 Å². The molecule has 0 saturated heterocycles. The molecule has 2 rings (SSSR count). The molecule has 78 valence electrons. The summed E-state index contributed by atoms with van der Waals surface area (Å²) in [5.41, 5.74) is 7.03. The van der Waals surface area contributed by atoms with E-state index < -0.39 is 0 Å². The lowest BCUT2D eigenvalue weighted by Gasteiger charge is -2.16. The van der Waals surface area contributed by atoms with Crippen LogP contribution in [0.4, 0.5) is 0 Å². The fourth-order valence-corrected chi connectivity index (χ4v) is 1.59. The van der Waals surface area contributed by atoms with Crippen LogP contribution in [0.25, 0.3) is 6.08 Å². The summed E-state index contributed by atoms with van der Waals surface area (Å²) in [6.07, 6.45) is 4.23. The van der Waals surface area contributed by atoms with E-state index in [1.807, 2.05) is 30.4 Å². The number of fused-ring (bicyclic) bond motifs is 1. The number of benzene rings is 1. The highest BCUT2D eigenvalue weighted by molar-refractivity contribution is 6.00. The minimum absolute atomic E-state index is 0.152. The lowest BCUT2D eigenvalue weighted by Crippen LogP contribution is -2.15. The third-order valence-electron chi connectivity index (χ3n) is 2.34. The first-order valence-corrected chi connectivity index (χ1v) is 4.98. The van der Waals surface area contributed by atoms with Gasteiger partial charge < -0.3 is 10.5 Å². The van der Waals surface area contributed by atoms with Gasteiger partial charge in [0.25, 0.3) is 0 Å². The van der Waals surface area contributed by atoms with Gasteiger partial charge in [-0.25, -0.2) is 0 Å². The van der Waals surface area contributed by atoms with Crippen molar-refractivity contribution < 1.29 is 9.53 Å². The molecular weight excluding hydrogens is 190 g/mol. The van der Waals surface area contributed by atoms with E-state index in [4.69, 9.17) is 10.5 Å². The van der Waals surface area contributed by atoms with Crippen molar-refractivity contribution in [3.63, 3.8) is 0 Å². The molecule has 0 radical (unpaired) electrons. The topological polar surface area (TPSA) is 52.3 Å². The number of hydrogen-bond acceptors (Lipinski definition) is 3. The predicted molar refractivity (Wildman–Crippen MR) is 59.0 cm³/mol. The van der Waals surface area contributed by atoms with Crippen LogP contribution in [0, 0.1) is 0 Å². The van der Waals surface area contributed by atoms with Crippen molar-refractivity contribution in [3.05, 3.63) is 35.4 Å². The Morgan fingerprint density at radius 3 is 3.13 bits per heavy atom. The van der Waals surface area contributed by atoms with Crippen LogP contribution in [0.2, 0.25) is 0 Å². The standard InChI is InChI=1S/C12H13NO2/c13-6-1-2-9-3-4-12-10(8-9)11(14)5-7-15-12/h1-4,8H,5-7,13H2. The van der Waals surface area contributed by atoms with E-state index in [1.54, 1.807) is 0 Å². The Kier molecular flexibility index (Phi) is 2.83. The fourth-order valence-electron chi connectivity index (χ4n) is 1.59. The number of hydrogen-bond donors (Lipinski definition) is 1. The molecule has 1 aromatic rings. The van der Waals surface area contributed by atoms with Crippen molar-refractivity contribution in [3.8, 4) is 5.75 Å². The summed E-state index contributed by atoms with van der Waals surface area (Å²) in [6, 6.07) is 5.61. The highest BCUT2D eigenvalue weighted by Gasteiger charge is 2.17. The lowest BCUT2D eigenvalue weighted by atomic mass is 10.0. The zero-order valence-corrected chi connectivity index (χ0v) is 8.40. The predicted octanol–water partition coefficient (Wildman–Crippen LogP) is 1.62. The van der Waals surface area contributed by atoms with Gasteiger partial charge in [-0.2, -0.15) is 0 Å². The van der Waals surface area contributed by atoms with Gasteiger partial charge in [0.15, 0.2) is 5.78 Å². The van der Waals surface area contributed by atoms with E-state index in [2.05, 4.69) is 0 Å². The first-order valence-electron chi connectivity index (χ1n) is 4.98. The summed E-state index contributed by atoms with van der Waals surface area (Å²) in [5.74, 6) is 0.843. The van der Waals surface area contributed by atoms with Crippen LogP contribution in [0.3, 0.4) is 0 Å². The van der Waals surface area contributed by atoms with Crippen LogP contribution in [0.5, 0.6) is 5.75 Å². The van der Waals surface area contributed by atoms with Crippen LogP contribution >= 0.6 is 0 Å². The second-order valence-electron chi connectivity index (χ2n) is 3.42. The molecule has 0 bridgehead atoms. The van der Waals surface area contributed by atoms with Crippen molar-refractivity contribution in [2.75, 3.05) is 13.2 Å². The summed E-state index contributed by atoms with van der Waals surface area (Å²) in [6.45, 7) is 0.991. The molecule has 15 heavy (non-hydrogen) atoms. The second-order valence-corrected chi connectivity index (χ2v) is 3.42. The van der Waals surface area contributed by atoms with Crippen molar-refractivity contribution in [2.24, 2.45) is 5.73 Å². The van der Waals surface area contributed by atoms with Gasteiger partial charge in [-0.3, -0.25) is 4.79 Å². The fraction of sp³-hybridized carbons (Fsp3) is 0.250. The molecule has 1 aliphatic rings. The molecule has 0 spiro atoms. The van der Waals surface area contributed by atoms with Crippen LogP contribution in [-0.2, 0) is 0 Å². The molecule has 0 aliphatic carbocycles. The number of rotatable bonds is 2. The largest absolute Gasteiger partial charge is 0.492 e. The molecule has 0 saturated carbocycles. The molecule has 0 unspecified atom stereocenters. The number of ketones is 1. The quantitative estimate of drug-likeness (QED) is 0.794. The molecule has 0 aromatic heterocycles. The Hall–Kier alpha value is -1.61. The molecule has 1 heterocycles. The van der Waals surface area contributed by atoms with Crippen molar-refractivity contribution in [1.29, 1.82) is 0 Å². The maximum atomic E-state index is 11.6. The number of nitrogens with two attached hydrogens (primary N) is 1. The molecule has 0 amide bonds. The third kappa shape index (κ3) is 2.07. The van der Waals surface area contributed by atoms with Gasteiger partial charge in [0.05, 0.1) is 12.2 Å². The summed E-state index contributed by atoms with van der Waals surface area (Å²) in [5, 5.41) is 0. The molecule has 3 heteroatoms. The molecule has 3 nitrogen and oxygen atoms in total. The van der Waals surface area contributed by atoms with Crippen molar-refractivity contribution in [2.45, 2.75) is 6.42 Å². The number of ether oxygens (including phenoxy) is 1. The Bertz CT molecular complexity index is 410. The maximum absolute atomic E-state index is 11.6. The monoisotopic (exact) mass is 203 g/mol. The lowest BCUT2D eigenvalue weighted by molar-refractivity contribution is 0.0933. The normalized spacial score (nSPS) is 15.1. The number of carbonyl (C=O) groups is 1. The Labute approximate surface area is 88.5 Å². The minimum atomic E-state index is 0.152. The summed E-state index contributed by atoms with van der Waals surface area (Å²) < 4.78 is 5.38. The Morgan fingerprint density at radius 2 is 2.33 bits per heavy atom. The van der Waals surface area contributed by atoms with Crippen molar-refractivity contribution >= 4 is 11.9 Å². The van der Waals surface area contributed by atoms with Gasteiger partial charge >= 0.3 is 0 Å². The molecule has 0 fully saturated rings. The molecular formula is C12H13NO2. The van der Waals surface area contributed by atoms with Gasteiger partial charge in [0.2, 0.25) is 0 Å². The number of carbonyl (C=O) groups excluding carboxylic acids is 1. The average Bonchev–Trinajstić information content (AvgIpc) is 2.27. The maximum Gasteiger partial charge on any atom is 0.170 e. The van der Waals surface area contributed by atoms with E-state index in [0.29, 0.717) is 30.9 Å². The smallest absolute Gasteiger partial charge is 0.170 e. The van der Waals surface area contributed by atoms with Gasteiger partial charge in [0.1, 0.15) is 5.75 Å². The highest BCUT2D eigenvalue weighted by atomic mass is 16.5. The second kappa shape index (κ2) is 4.28. The van der Waals surface area contributed by atoms with Crippen LogP contribution in [0.15, 0.2) is 24.3 Å². The first kappa shape index (κ1) is 9.93. The van der Waals surface area contributed by atoms with Gasteiger partial charge in [-0.15, -0.1) is 0 Å². The van der Waals surface area contributed by atoms with Crippen LogP contribution in [-0.4, -0.2) is 18.9 Å². The Balaban J connectivity index is 2.35. The van der Waals surface area contributed by atoms with Gasteiger partial charge in [-0.05, 0) is 17.7 Å². The molecule has 1 aliphatic heterocycles. The number of Topliss-reactive ketones (excluding diaryl/α,β-unsaturated/α-hetero) is 1. The van der Waals surface area contributed by atoms with Gasteiger partial charge in [0, 0.05) is 13.0 Å². The van der Waals surface area contributed by atoms with E-state index in [1.165, 1.54) is 0 Å². The SMILES string of the molecule is NCC=Cc1ccc2c(c1)C(=O)CCO2. The minimum Gasteiger partial charge on any atom is -0.492 e. The van der Waals surface area contributed by atoms with Gasteiger partial charge in [-0.1, -0.05) is 18.2 Å². The molecule has 1 aromatic carbocycles. The highest BCUT2D eigenvalue weighted by Crippen LogP contribution is 2.25. The average molecular weight is 203 g/mol. The zero-order valence-electron chi connectivity index (χ0n) is 8.40. The first-order chi connectivity index (χ1) is 7.31. The summed E-state index contributed by atoms with van der Waals surface area (Å²) in [4.78, 5) is 11.6. The summed E-state index contributed by atoms with van der Waals surface area (Å²) >= 11 is 0. The Morgan fingerprint density at radius 1 is 1.47 bits per heavy atom. The summed E-state index contributed by atoms with van der Waals surface area (Å²) in [7, 11) is 0. The van der Waals surface area contributed by atoms with Crippen LogP contribution in [0.1, 0.15) is 22.3 Å². The van der Waals surface area contributed by atoms with Crippen LogP contribution < -0.4 is 10.5 Å². The molecule has 2 N–H and O–H groups in total. The van der Waals surface area contributed by atoms with E-state index in [-0.39, 0.29) is 5.78 Å². The van der Waals surface area contributed by atoms with E-state index in [9.17, 15) is 4.79 Å². The van der Waals surface area contributed by atoms with Crippen molar-refractivity contribution in [1.82, 2.24) is 0 Å². The van der Waals surface area contributed by atoms with E-state index in [0.717, 1.165) is 5.56 Å². The zero-order chi connectivity index (χ0) is 10.7. The molecule has 0 atom stereocenters.